The van der Waals surface area contributed by atoms with Crippen molar-refractivity contribution in [2.24, 2.45) is 0 Å². The van der Waals surface area contributed by atoms with E-state index in [2.05, 4.69) is 60.6 Å². The fraction of sp³-hybridized carbons (Fsp3) is 0.625. The minimum atomic E-state index is -1.35. The molecule has 0 aromatic heterocycles. The van der Waals surface area contributed by atoms with Gasteiger partial charge in [-0.15, -0.1) is 0 Å². The lowest BCUT2D eigenvalue weighted by Gasteiger charge is -2.36. The lowest BCUT2D eigenvalue weighted by molar-refractivity contribution is 0.197. The summed E-state index contributed by atoms with van der Waals surface area (Å²) in [5.74, 6) is 0. The molecule has 112 valence electrons. The molecule has 0 amide bonds. The minimum absolute atomic E-state index is 0.889. The van der Waals surface area contributed by atoms with Gasteiger partial charge in [0.1, 0.15) is 0 Å². The molecule has 0 N–H and O–H groups in total. The lowest BCUT2D eigenvalue weighted by Crippen LogP contribution is -2.47. The van der Waals surface area contributed by atoms with Crippen LogP contribution in [0.15, 0.2) is 24.3 Å². The van der Waals surface area contributed by atoms with Crippen molar-refractivity contribution in [1.29, 1.82) is 0 Å². The molecule has 1 heterocycles. The van der Waals surface area contributed by atoms with Gasteiger partial charge in [0, 0.05) is 45.0 Å². The summed E-state index contributed by atoms with van der Waals surface area (Å²) in [5, 5.41) is 0. The van der Waals surface area contributed by atoms with Crippen molar-refractivity contribution in [2.45, 2.75) is 26.6 Å². The number of aryl methyl sites for hydroxylation is 1. The molecule has 1 saturated heterocycles. The van der Waals surface area contributed by atoms with E-state index < -0.39 is 8.32 Å². The summed E-state index contributed by atoms with van der Waals surface area (Å²) in [6.45, 7) is 15.4. The molecule has 1 aliphatic heterocycles. The van der Waals surface area contributed by atoms with Crippen molar-refractivity contribution in [3.05, 3.63) is 29.8 Å². The monoisotopic (exact) mass is 292 g/mol. The van der Waals surface area contributed by atoms with Crippen molar-refractivity contribution >= 4 is 14.0 Å². The summed E-state index contributed by atoms with van der Waals surface area (Å²) in [5.41, 5.74) is 2.71. The number of hydrogen-bond donors (Lipinski definition) is 0. The van der Waals surface area contributed by atoms with Crippen LogP contribution < -0.4 is 4.90 Å². The SMILES string of the molecule is Cc1cccc(N2CCN(CCO[Si](C)(C)C)CC2)c1. The predicted molar refractivity (Wildman–Crippen MR) is 89.1 cm³/mol. The van der Waals surface area contributed by atoms with Crippen LogP contribution in [0.3, 0.4) is 0 Å². The molecule has 0 spiro atoms. The second-order valence-electron chi connectivity index (χ2n) is 6.63. The first-order chi connectivity index (χ1) is 9.44. The first kappa shape index (κ1) is 15.5. The van der Waals surface area contributed by atoms with E-state index in [1.807, 2.05) is 0 Å². The zero-order valence-corrected chi connectivity index (χ0v) is 14.4. The van der Waals surface area contributed by atoms with E-state index in [1.165, 1.54) is 11.3 Å². The van der Waals surface area contributed by atoms with E-state index in [0.29, 0.717) is 0 Å². The van der Waals surface area contributed by atoms with Gasteiger partial charge in [0.2, 0.25) is 0 Å². The Morgan fingerprint density at radius 1 is 1.10 bits per heavy atom. The molecule has 0 bridgehead atoms. The average molecular weight is 292 g/mol. The molecule has 1 aromatic rings. The third kappa shape index (κ3) is 4.92. The minimum Gasteiger partial charge on any atom is -0.416 e. The van der Waals surface area contributed by atoms with E-state index in [1.54, 1.807) is 0 Å². The van der Waals surface area contributed by atoms with Gasteiger partial charge in [-0.1, -0.05) is 12.1 Å². The van der Waals surface area contributed by atoms with E-state index in [9.17, 15) is 0 Å². The number of rotatable bonds is 5. The molecule has 2 rings (SSSR count). The molecule has 0 atom stereocenters. The van der Waals surface area contributed by atoms with Gasteiger partial charge < -0.3 is 9.33 Å². The molecule has 1 fully saturated rings. The normalized spacial score (nSPS) is 17.5. The van der Waals surface area contributed by atoms with Crippen LogP contribution in [0.1, 0.15) is 5.56 Å². The van der Waals surface area contributed by atoms with Gasteiger partial charge >= 0.3 is 0 Å². The van der Waals surface area contributed by atoms with Crippen LogP contribution >= 0.6 is 0 Å². The Morgan fingerprint density at radius 3 is 2.40 bits per heavy atom. The maximum Gasteiger partial charge on any atom is 0.183 e. The maximum atomic E-state index is 5.94. The van der Waals surface area contributed by atoms with Crippen LogP contribution in [-0.2, 0) is 4.43 Å². The predicted octanol–water partition coefficient (Wildman–Crippen LogP) is 2.97. The fourth-order valence-corrected chi connectivity index (χ4v) is 3.24. The lowest BCUT2D eigenvalue weighted by atomic mass is 10.2. The number of piperazine rings is 1. The van der Waals surface area contributed by atoms with Gasteiger partial charge in [-0.3, -0.25) is 4.90 Å². The molecule has 1 aromatic carbocycles. The van der Waals surface area contributed by atoms with Crippen LogP contribution in [-0.4, -0.2) is 52.5 Å². The zero-order chi connectivity index (χ0) is 14.6. The summed E-state index contributed by atoms with van der Waals surface area (Å²) in [4.78, 5) is 5.01. The summed E-state index contributed by atoms with van der Waals surface area (Å²) in [6.07, 6.45) is 0. The Balaban J connectivity index is 1.75. The highest BCUT2D eigenvalue weighted by molar-refractivity contribution is 6.69. The Bertz CT molecular complexity index is 423. The standard InChI is InChI=1S/C16H28N2OSi/c1-15-6-5-7-16(14-15)18-10-8-17(9-11-18)12-13-19-20(2,3)4/h5-7,14H,8-13H2,1-4H3. The third-order valence-electron chi connectivity index (χ3n) is 3.68. The highest BCUT2D eigenvalue weighted by Crippen LogP contribution is 2.17. The molecule has 0 radical (unpaired) electrons. The summed E-state index contributed by atoms with van der Waals surface area (Å²) < 4.78 is 5.94. The van der Waals surface area contributed by atoms with Crippen LogP contribution in [0.2, 0.25) is 19.6 Å². The van der Waals surface area contributed by atoms with Crippen molar-refractivity contribution in [3.63, 3.8) is 0 Å². The largest absolute Gasteiger partial charge is 0.416 e. The number of nitrogens with zero attached hydrogens (tertiary/aromatic N) is 2. The number of hydrogen-bond acceptors (Lipinski definition) is 3. The first-order valence-corrected chi connectivity index (χ1v) is 11.0. The van der Waals surface area contributed by atoms with Crippen LogP contribution in [0, 0.1) is 6.92 Å². The zero-order valence-electron chi connectivity index (χ0n) is 13.4. The van der Waals surface area contributed by atoms with Gasteiger partial charge in [0.25, 0.3) is 0 Å². The quantitative estimate of drug-likeness (QED) is 0.776. The van der Waals surface area contributed by atoms with E-state index in [0.717, 1.165) is 39.3 Å². The van der Waals surface area contributed by atoms with Crippen molar-refractivity contribution < 1.29 is 4.43 Å². The second kappa shape index (κ2) is 6.74. The average Bonchev–Trinajstić information content (AvgIpc) is 2.38. The fourth-order valence-electron chi connectivity index (χ4n) is 2.54. The van der Waals surface area contributed by atoms with Gasteiger partial charge in [0.05, 0.1) is 0 Å². The Labute approximate surface area is 124 Å². The second-order valence-corrected chi connectivity index (χ2v) is 11.1. The molecule has 0 saturated carbocycles. The van der Waals surface area contributed by atoms with Gasteiger partial charge in [-0.25, -0.2) is 0 Å². The Kier molecular flexibility index (Phi) is 5.24. The van der Waals surface area contributed by atoms with Crippen molar-refractivity contribution in [2.75, 3.05) is 44.2 Å². The van der Waals surface area contributed by atoms with Crippen LogP contribution in [0.4, 0.5) is 5.69 Å². The van der Waals surface area contributed by atoms with Gasteiger partial charge in [0.15, 0.2) is 8.32 Å². The van der Waals surface area contributed by atoms with Gasteiger partial charge in [-0.2, -0.15) is 0 Å². The molecule has 4 heteroatoms. The van der Waals surface area contributed by atoms with Crippen LogP contribution in [0.25, 0.3) is 0 Å². The molecule has 3 nitrogen and oxygen atoms in total. The highest BCUT2D eigenvalue weighted by atomic mass is 28.4. The van der Waals surface area contributed by atoms with E-state index >= 15 is 0 Å². The Hall–Kier alpha value is -0.843. The molecular weight excluding hydrogens is 264 g/mol. The van der Waals surface area contributed by atoms with E-state index in [4.69, 9.17) is 4.43 Å². The topological polar surface area (TPSA) is 15.7 Å². The summed E-state index contributed by atoms with van der Waals surface area (Å²) in [6, 6.07) is 8.81. The number of anilines is 1. The van der Waals surface area contributed by atoms with Crippen molar-refractivity contribution in [3.8, 4) is 0 Å². The molecule has 0 unspecified atom stereocenters. The highest BCUT2D eigenvalue weighted by Gasteiger charge is 2.18. The summed E-state index contributed by atoms with van der Waals surface area (Å²) >= 11 is 0. The van der Waals surface area contributed by atoms with Crippen LogP contribution in [0.5, 0.6) is 0 Å². The third-order valence-corrected chi connectivity index (χ3v) is 4.75. The summed E-state index contributed by atoms with van der Waals surface area (Å²) in [7, 11) is -1.35. The Morgan fingerprint density at radius 2 is 1.80 bits per heavy atom. The maximum absolute atomic E-state index is 5.94. The van der Waals surface area contributed by atoms with Gasteiger partial charge in [-0.05, 0) is 44.3 Å². The smallest absolute Gasteiger partial charge is 0.183 e. The van der Waals surface area contributed by atoms with Crippen molar-refractivity contribution in [1.82, 2.24) is 4.90 Å². The van der Waals surface area contributed by atoms with E-state index in [-0.39, 0.29) is 0 Å². The number of benzene rings is 1. The molecule has 0 aliphatic carbocycles. The molecule has 20 heavy (non-hydrogen) atoms. The molecular formula is C16H28N2OSi. The molecule has 1 aliphatic rings. The first-order valence-electron chi connectivity index (χ1n) is 7.62.